The minimum Gasteiger partial charge on any atom is -0.279 e. The zero-order valence-electron chi connectivity index (χ0n) is 6.22. The second kappa shape index (κ2) is 3.22. The van der Waals surface area contributed by atoms with Gasteiger partial charge in [-0.05, 0) is 24.6 Å². The summed E-state index contributed by atoms with van der Waals surface area (Å²) in [5.41, 5.74) is 4.96. The minimum atomic E-state index is 0.988. The number of rotatable bonds is 2. The van der Waals surface area contributed by atoms with Gasteiger partial charge in [-0.3, -0.25) is 10.3 Å². The molecule has 0 spiro atoms. The van der Waals surface area contributed by atoms with Crippen LogP contribution in [0.1, 0.15) is 5.56 Å². The molecule has 0 heterocycles. The molecule has 0 fully saturated rings. The van der Waals surface area contributed by atoms with Crippen LogP contribution in [0.2, 0.25) is 0 Å². The SMILES string of the molecule is CONc1cccc(C)c1. The van der Waals surface area contributed by atoms with Crippen LogP contribution in [-0.4, -0.2) is 7.11 Å². The van der Waals surface area contributed by atoms with Crippen molar-refractivity contribution in [1.82, 2.24) is 0 Å². The van der Waals surface area contributed by atoms with Gasteiger partial charge in [-0.15, -0.1) is 0 Å². The van der Waals surface area contributed by atoms with Crippen molar-refractivity contribution in [2.75, 3.05) is 12.6 Å². The lowest BCUT2D eigenvalue weighted by Crippen LogP contribution is -1.94. The molecule has 1 aromatic carbocycles. The van der Waals surface area contributed by atoms with Crippen LogP contribution in [0.3, 0.4) is 0 Å². The Morgan fingerprint density at radius 2 is 2.20 bits per heavy atom. The van der Waals surface area contributed by atoms with E-state index >= 15 is 0 Å². The molecule has 1 N–H and O–H groups in total. The van der Waals surface area contributed by atoms with Gasteiger partial charge in [0, 0.05) is 0 Å². The van der Waals surface area contributed by atoms with E-state index < -0.39 is 0 Å². The van der Waals surface area contributed by atoms with E-state index in [1.807, 2.05) is 31.2 Å². The van der Waals surface area contributed by atoms with Crippen molar-refractivity contribution in [3.63, 3.8) is 0 Å². The Balaban J connectivity index is 2.75. The molecule has 0 saturated heterocycles. The second-order valence-corrected chi connectivity index (χ2v) is 2.18. The first-order chi connectivity index (χ1) is 4.83. The predicted octanol–water partition coefficient (Wildman–Crippen LogP) is 1.97. The van der Waals surface area contributed by atoms with Crippen molar-refractivity contribution in [3.8, 4) is 0 Å². The summed E-state index contributed by atoms with van der Waals surface area (Å²) in [7, 11) is 1.60. The Kier molecular flexibility index (Phi) is 2.29. The zero-order chi connectivity index (χ0) is 7.40. The Hall–Kier alpha value is -1.02. The summed E-state index contributed by atoms with van der Waals surface area (Å²) in [6.07, 6.45) is 0. The zero-order valence-corrected chi connectivity index (χ0v) is 6.22. The molecule has 0 aliphatic rings. The molecule has 1 aromatic rings. The van der Waals surface area contributed by atoms with Crippen molar-refractivity contribution in [1.29, 1.82) is 0 Å². The lowest BCUT2D eigenvalue weighted by molar-refractivity contribution is 0.271. The summed E-state index contributed by atoms with van der Waals surface area (Å²) in [5.74, 6) is 0. The molecule has 1 rings (SSSR count). The maximum absolute atomic E-state index is 4.73. The highest BCUT2D eigenvalue weighted by Gasteiger charge is 1.87. The summed E-state index contributed by atoms with van der Waals surface area (Å²) in [5, 5.41) is 0. The highest BCUT2D eigenvalue weighted by Crippen LogP contribution is 2.08. The average molecular weight is 137 g/mol. The molecule has 0 aliphatic heterocycles. The van der Waals surface area contributed by atoms with E-state index in [-0.39, 0.29) is 0 Å². The van der Waals surface area contributed by atoms with Crippen LogP contribution in [0, 0.1) is 6.92 Å². The number of aryl methyl sites for hydroxylation is 1. The Morgan fingerprint density at radius 1 is 1.40 bits per heavy atom. The lowest BCUT2D eigenvalue weighted by atomic mass is 10.2. The number of anilines is 1. The van der Waals surface area contributed by atoms with Crippen LogP contribution < -0.4 is 5.48 Å². The van der Waals surface area contributed by atoms with Crippen molar-refractivity contribution in [2.45, 2.75) is 6.92 Å². The monoisotopic (exact) mass is 137 g/mol. The Labute approximate surface area is 60.8 Å². The first-order valence-electron chi connectivity index (χ1n) is 3.18. The fourth-order valence-electron chi connectivity index (χ4n) is 0.826. The van der Waals surface area contributed by atoms with Crippen molar-refractivity contribution < 1.29 is 4.84 Å². The summed E-state index contributed by atoms with van der Waals surface area (Å²) >= 11 is 0. The fourth-order valence-corrected chi connectivity index (χ4v) is 0.826. The summed E-state index contributed by atoms with van der Waals surface area (Å²) in [6.45, 7) is 2.04. The normalized spacial score (nSPS) is 9.40. The van der Waals surface area contributed by atoms with Gasteiger partial charge < -0.3 is 0 Å². The molecule has 2 nitrogen and oxygen atoms in total. The Bertz CT molecular complexity index is 210. The molecule has 54 valence electrons. The lowest BCUT2D eigenvalue weighted by Gasteiger charge is -2.01. The summed E-state index contributed by atoms with van der Waals surface area (Å²) in [6, 6.07) is 8.00. The summed E-state index contributed by atoms with van der Waals surface area (Å²) < 4.78 is 0. The predicted molar refractivity (Wildman–Crippen MR) is 41.8 cm³/mol. The molecule has 0 unspecified atom stereocenters. The van der Waals surface area contributed by atoms with E-state index in [2.05, 4.69) is 5.48 Å². The molecule has 0 aliphatic carbocycles. The van der Waals surface area contributed by atoms with Gasteiger partial charge >= 0.3 is 0 Å². The number of benzene rings is 1. The van der Waals surface area contributed by atoms with Crippen molar-refractivity contribution in [2.24, 2.45) is 0 Å². The van der Waals surface area contributed by atoms with Gasteiger partial charge in [-0.25, -0.2) is 0 Å². The smallest absolute Gasteiger partial charge is 0.0636 e. The van der Waals surface area contributed by atoms with Crippen molar-refractivity contribution >= 4 is 5.69 Å². The Morgan fingerprint density at radius 3 is 2.80 bits per heavy atom. The molecule has 0 amide bonds. The van der Waals surface area contributed by atoms with Gasteiger partial charge in [0.05, 0.1) is 12.8 Å². The maximum Gasteiger partial charge on any atom is 0.0636 e. The number of nitrogens with one attached hydrogen (secondary N) is 1. The molecular formula is C8H11NO. The van der Waals surface area contributed by atoms with Gasteiger partial charge in [-0.1, -0.05) is 12.1 Å². The molecule has 2 heteroatoms. The molecular weight excluding hydrogens is 126 g/mol. The van der Waals surface area contributed by atoms with Crippen LogP contribution in [0.15, 0.2) is 24.3 Å². The summed E-state index contributed by atoms with van der Waals surface area (Å²) in [4.78, 5) is 4.73. The van der Waals surface area contributed by atoms with Gasteiger partial charge in [-0.2, -0.15) is 0 Å². The van der Waals surface area contributed by atoms with E-state index in [1.165, 1.54) is 5.56 Å². The third-order valence-electron chi connectivity index (χ3n) is 1.24. The second-order valence-electron chi connectivity index (χ2n) is 2.18. The highest BCUT2D eigenvalue weighted by molar-refractivity contribution is 5.43. The average Bonchev–Trinajstić information content (AvgIpc) is 1.88. The van der Waals surface area contributed by atoms with E-state index in [0.29, 0.717) is 0 Å². The molecule has 0 bridgehead atoms. The van der Waals surface area contributed by atoms with Gasteiger partial charge in [0.15, 0.2) is 0 Å². The van der Waals surface area contributed by atoms with Gasteiger partial charge in [0.2, 0.25) is 0 Å². The standard InChI is InChI=1S/C8H11NO/c1-7-4-3-5-8(6-7)9-10-2/h3-6,9H,1-2H3. The number of hydrogen-bond acceptors (Lipinski definition) is 2. The van der Waals surface area contributed by atoms with Crippen LogP contribution in [0.5, 0.6) is 0 Å². The molecule has 0 radical (unpaired) electrons. The topological polar surface area (TPSA) is 21.3 Å². The first kappa shape index (κ1) is 7.09. The number of hydrogen-bond donors (Lipinski definition) is 1. The largest absolute Gasteiger partial charge is 0.279 e. The van der Waals surface area contributed by atoms with E-state index in [1.54, 1.807) is 7.11 Å². The van der Waals surface area contributed by atoms with Crippen LogP contribution in [0.25, 0.3) is 0 Å². The van der Waals surface area contributed by atoms with Gasteiger partial charge in [0.1, 0.15) is 0 Å². The third kappa shape index (κ3) is 1.74. The maximum atomic E-state index is 4.73. The first-order valence-corrected chi connectivity index (χ1v) is 3.18. The fraction of sp³-hybridized carbons (Fsp3) is 0.250. The van der Waals surface area contributed by atoms with E-state index in [0.717, 1.165) is 5.69 Å². The van der Waals surface area contributed by atoms with Crippen molar-refractivity contribution in [3.05, 3.63) is 29.8 Å². The highest BCUT2D eigenvalue weighted by atomic mass is 16.6. The third-order valence-corrected chi connectivity index (χ3v) is 1.24. The van der Waals surface area contributed by atoms with Crippen LogP contribution in [-0.2, 0) is 4.84 Å². The van der Waals surface area contributed by atoms with E-state index in [9.17, 15) is 0 Å². The quantitative estimate of drug-likeness (QED) is 0.629. The van der Waals surface area contributed by atoms with Crippen LogP contribution >= 0.6 is 0 Å². The molecule has 10 heavy (non-hydrogen) atoms. The molecule has 0 aromatic heterocycles. The minimum absolute atomic E-state index is 0.988. The van der Waals surface area contributed by atoms with E-state index in [4.69, 9.17) is 4.84 Å². The van der Waals surface area contributed by atoms with Gasteiger partial charge in [0.25, 0.3) is 0 Å². The molecule has 0 saturated carbocycles. The van der Waals surface area contributed by atoms with Crippen LogP contribution in [0.4, 0.5) is 5.69 Å². The molecule has 0 atom stereocenters.